The van der Waals surface area contributed by atoms with Crippen molar-refractivity contribution in [3.05, 3.63) is 23.5 Å². The molecule has 0 radical (unpaired) electrons. The van der Waals surface area contributed by atoms with Gasteiger partial charge in [-0.15, -0.1) is 0 Å². The number of rotatable bonds is 3. The van der Waals surface area contributed by atoms with Crippen molar-refractivity contribution in [3.8, 4) is 0 Å². The largest absolute Gasteiger partial charge is 0.270 e. The minimum atomic E-state index is 0.775. The summed E-state index contributed by atoms with van der Waals surface area (Å²) in [5.74, 6) is 0. The van der Waals surface area contributed by atoms with Gasteiger partial charge >= 0.3 is 0 Å². The fourth-order valence-corrected chi connectivity index (χ4v) is 0.502. The molecular weight excluding hydrogens is 148 g/mol. The van der Waals surface area contributed by atoms with E-state index in [1.807, 2.05) is 33.8 Å². The Balaban J connectivity index is 0. The molecule has 0 N–H and O–H groups in total. The minimum absolute atomic E-state index is 0.775. The lowest BCUT2D eigenvalue weighted by Crippen LogP contribution is -1.78. The Kier molecular flexibility index (Phi) is 11.0. The SMILES string of the molecule is C=N/C=C(N=C)/C(C)=C/C.CC. The zero-order chi connectivity index (χ0) is 9.98. The predicted octanol–water partition coefficient (Wildman–Crippen LogP) is 3.22. The lowest BCUT2D eigenvalue weighted by Gasteiger charge is -1.96. The van der Waals surface area contributed by atoms with Gasteiger partial charge in [-0.2, -0.15) is 0 Å². The maximum absolute atomic E-state index is 3.76. The van der Waals surface area contributed by atoms with Crippen LogP contribution >= 0.6 is 0 Å². The predicted molar refractivity (Wildman–Crippen MR) is 58.0 cm³/mol. The Bertz CT molecular complexity index is 188. The van der Waals surface area contributed by atoms with Gasteiger partial charge in [-0.1, -0.05) is 19.9 Å². The van der Waals surface area contributed by atoms with Gasteiger partial charge in [0.1, 0.15) is 0 Å². The molecule has 0 aromatic rings. The molecule has 12 heavy (non-hydrogen) atoms. The summed E-state index contributed by atoms with van der Waals surface area (Å²) in [7, 11) is 0. The van der Waals surface area contributed by atoms with Gasteiger partial charge in [-0.25, -0.2) is 0 Å². The van der Waals surface area contributed by atoms with Crippen molar-refractivity contribution in [1.82, 2.24) is 0 Å². The molecule has 0 amide bonds. The smallest absolute Gasteiger partial charge is 0.0830 e. The minimum Gasteiger partial charge on any atom is -0.270 e. The zero-order valence-corrected chi connectivity index (χ0v) is 8.46. The van der Waals surface area contributed by atoms with Gasteiger partial charge in [-0.05, 0) is 32.9 Å². The molecule has 2 heteroatoms. The van der Waals surface area contributed by atoms with E-state index >= 15 is 0 Å². The summed E-state index contributed by atoms with van der Waals surface area (Å²) in [6, 6.07) is 0. The van der Waals surface area contributed by atoms with Crippen LogP contribution in [-0.2, 0) is 0 Å². The third-order valence-electron chi connectivity index (χ3n) is 1.22. The Morgan fingerprint density at radius 3 is 2.00 bits per heavy atom. The van der Waals surface area contributed by atoms with Crippen molar-refractivity contribution in [3.63, 3.8) is 0 Å². The summed E-state index contributed by atoms with van der Waals surface area (Å²) in [5.41, 5.74) is 1.83. The molecule has 0 spiro atoms. The molecule has 0 fully saturated rings. The van der Waals surface area contributed by atoms with Crippen molar-refractivity contribution < 1.29 is 0 Å². The molecule has 0 bridgehead atoms. The number of allylic oxidation sites excluding steroid dienone is 2. The summed E-state index contributed by atoms with van der Waals surface area (Å²) in [6.45, 7) is 14.6. The van der Waals surface area contributed by atoms with E-state index in [1.54, 1.807) is 6.20 Å². The highest BCUT2D eigenvalue weighted by Gasteiger charge is 1.91. The first-order valence-electron chi connectivity index (χ1n) is 4.02. The van der Waals surface area contributed by atoms with Crippen LogP contribution in [0.5, 0.6) is 0 Å². The van der Waals surface area contributed by atoms with Crippen molar-refractivity contribution in [2.45, 2.75) is 27.7 Å². The zero-order valence-electron chi connectivity index (χ0n) is 8.46. The summed E-state index contributed by atoms with van der Waals surface area (Å²) < 4.78 is 0. The molecule has 0 rings (SSSR count). The van der Waals surface area contributed by atoms with Crippen LogP contribution in [0.15, 0.2) is 33.5 Å². The molecule has 2 nitrogen and oxygen atoms in total. The second-order valence-corrected chi connectivity index (χ2v) is 1.83. The van der Waals surface area contributed by atoms with Crippen LogP contribution < -0.4 is 0 Å². The summed E-state index contributed by atoms with van der Waals surface area (Å²) >= 11 is 0. The van der Waals surface area contributed by atoms with Crippen LogP contribution in [0.3, 0.4) is 0 Å². The topological polar surface area (TPSA) is 24.7 Å². The molecule has 0 heterocycles. The Labute approximate surface area is 75.4 Å². The molecule has 0 aliphatic carbocycles. The number of nitrogens with zero attached hydrogens (tertiary/aromatic N) is 2. The first-order valence-corrected chi connectivity index (χ1v) is 4.02. The molecule has 0 saturated heterocycles. The normalized spacial score (nSPS) is 11.3. The standard InChI is InChI=1S/C8H12N2.C2H6/c1-5-7(2)8(10-4)6-9-3;1-2/h5-6H,3-4H2,1-2H3;1-2H3/b7-5+,8-6-;. The van der Waals surface area contributed by atoms with Gasteiger partial charge in [-0.3, -0.25) is 9.98 Å². The van der Waals surface area contributed by atoms with E-state index < -0.39 is 0 Å². The van der Waals surface area contributed by atoms with Crippen molar-refractivity contribution >= 4 is 13.4 Å². The maximum atomic E-state index is 3.76. The van der Waals surface area contributed by atoms with Gasteiger partial charge in [0.25, 0.3) is 0 Å². The number of aliphatic imine (C=N–C) groups is 2. The van der Waals surface area contributed by atoms with Crippen molar-refractivity contribution in [1.29, 1.82) is 0 Å². The lowest BCUT2D eigenvalue weighted by molar-refractivity contribution is 1.26. The second kappa shape index (κ2) is 9.82. The van der Waals surface area contributed by atoms with Crippen molar-refractivity contribution in [2.24, 2.45) is 9.98 Å². The highest BCUT2D eigenvalue weighted by molar-refractivity contribution is 5.38. The summed E-state index contributed by atoms with van der Waals surface area (Å²) in [4.78, 5) is 7.35. The molecule has 0 aromatic heterocycles. The number of hydrogen-bond donors (Lipinski definition) is 0. The maximum Gasteiger partial charge on any atom is 0.0830 e. The second-order valence-electron chi connectivity index (χ2n) is 1.83. The van der Waals surface area contributed by atoms with Crippen LogP contribution in [-0.4, -0.2) is 13.4 Å². The molecular formula is C10H18N2. The molecule has 0 saturated carbocycles. The van der Waals surface area contributed by atoms with Gasteiger partial charge in [0.05, 0.1) is 11.9 Å². The van der Waals surface area contributed by atoms with Gasteiger partial charge < -0.3 is 0 Å². The van der Waals surface area contributed by atoms with Crippen molar-refractivity contribution in [2.75, 3.05) is 0 Å². The van der Waals surface area contributed by atoms with E-state index in [4.69, 9.17) is 0 Å². The first-order chi connectivity index (χ1) is 5.76. The van der Waals surface area contributed by atoms with E-state index in [-0.39, 0.29) is 0 Å². The molecule has 0 aliphatic heterocycles. The highest BCUT2D eigenvalue weighted by atomic mass is 14.8. The lowest BCUT2D eigenvalue weighted by atomic mass is 10.2. The molecule has 68 valence electrons. The van der Waals surface area contributed by atoms with E-state index in [2.05, 4.69) is 23.4 Å². The Hall–Kier alpha value is -1.18. The van der Waals surface area contributed by atoms with Crippen LogP contribution in [0.4, 0.5) is 0 Å². The highest BCUT2D eigenvalue weighted by Crippen LogP contribution is 2.08. The van der Waals surface area contributed by atoms with E-state index in [9.17, 15) is 0 Å². The van der Waals surface area contributed by atoms with Crippen LogP contribution in [0.1, 0.15) is 27.7 Å². The fourth-order valence-electron chi connectivity index (χ4n) is 0.502. The molecule has 0 aliphatic rings. The van der Waals surface area contributed by atoms with Gasteiger partial charge in [0.15, 0.2) is 0 Å². The Morgan fingerprint density at radius 2 is 1.75 bits per heavy atom. The quantitative estimate of drug-likeness (QED) is 0.454. The van der Waals surface area contributed by atoms with Gasteiger partial charge in [0, 0.05) is 0 Å². The first kappa shape index (κ1) is 13.4. The third-order valence-corrected chi connectivity index (χ3v) is 1.22. The van der Waals surface area contributed by atoms with Crippen LogP contribution in [0, 0.1) is 0 Å². The summed E-state index contributed by atoms with van der Waals surface area (Å²) in [6.07, 6.45) is 3.54. The van der Waals surface area contributed by atoms with E-state index in [0.29, 0.717) is 0 Å². The average molecular weight is 166 g/mol. The molecule has 0 aromatic carbocycles. The van der Waals surface area contributed by atoms with E-state index in [0.717, 1.165) is 11.3 Å². The fraction of sp³-hybridized carbons (Fsp3) is 0.400. The summed E-state index contributed by atoms with van der Waals surface area (Å²) in [5, 5.41) is 0. The van der Waals surface area contributed by atoms with Crippen LogP contribution in [0.2, 0.25) is 0 Å². The third kappa shape index (κ3) is 5.59. The monoisotopic (exact) mass is 166 g/mol. The molecule has 0 unspecified atom stereocenters. The van der Waals surface area contributed by atoms with Gasteiger partial charge in [0.2, 0.25) is 0 Å². The Morgan fingerprint density at radius 1 is 1.25 bits per heavy atom. The molecule has 0 atom stereocenters. The number of hydrogen-bond acceptors (Lipinski definition) is 2. The van der Waals surface area contributed by atoms with E-state index in [1.165, 1.54) is 0 Å². The average Bonchev–Trinajstić information content (AvgIpc) is 2.16. The van der Waals surface area contributed by atoms with Crippen LogP contribution in [0.25, 0.3) is 0 Å².